The molecule has 0 N–H and O–H groups in total. The SMILES string of the molecule is CC(C)C(=O)ON(C)C(=O)c1ccc(C(=O)c2ccccc2)cc1. The van der Waals surface area contributed by atoms with Gasteiger partial charge in [0.25, 0.3) is 5.91 Å². The molecule has 0 atom stereocenters. The molecular weight excluding hydrogens is 306 g/mol. The lowest BCUT2D eigenvalue weighted by Crippen LogP contribution is -2.31. The Hall–Kier alpha value is -2.95. The van der Waals surface area contributed by atoms with Crippen LogP contribution in [0.3, 0.4) is 0 Å². The van der Waals surface area contributed by atoms with Gasteiger partial charge in [-0.1, -0.05) is 56.3 Å². The van der Waals surface area contributed by atoms with Gasteiger partial charge in [-0.3, -0.25) is 9.59 Å². The first-order valence-electron chi connectivity index (χ1n) is 7.60. The van der Waals surface area contributed by atoms with Gasteiger partial charge in [0, 0.05) is 23.7 Å². The van der Waals surface area contributed by atoms with Gasteiger partial charge in [0.1, 0.15) is 0 Å². The summed E-state index contributed by atoms with van der Waals surface area (Å²) in [7, 11) is 1.38. The molecule has 124 valence electrons. The number of amides is 1. The highest BCUT2D eigenvalue weighted by molar-refractivity contribution is 6.09. The van der Waals surface area contributed by atoms with Crippen molar-refractivity contribution < 1.29 is 19.2 Å². The zero-order chi connectivity index (χ0) is 17.7. The van der Waals surface area contributed by atoms with Gasteiger partial charge >= 0.3 is 5.97 Å². The Morgan fingerprint density at radius 3 is 1.88 bits per heavy atom. The van der Waals surface area contributed by atoms with E-state index in [9.17, 15) is 14.4 Å². The number of ketones is 1. The molecule has 0 aromatic heterocycles. The molecule has 0 aliphatic rings. The van der Waals surface area contributed by atoms with Crippen molar-refractivity contribution in [2.45, 2.75) is 13.8 Å². The summed E-state index contributed by atoms with van der Waals surface area (Å²) in [5.41, 5.74) is 1.40. The van der Waals surface area contributed by atoms with E-state index in [0.717, 1.165) is 5.06 Å². The Labute approximate surface area is 140 Å². The first-order chi connectivity index (χ1) is 11.4. The van der Waals surface area contributed by atoms with Gasteiger partial charge in [0.05, 0.1) is 5.92 Å². The van der Waals surface area contributed by atoms with Gasteiger partial charge in [-0.05, 0) is 12.1 Å². The molecule has 0 heterocycles. The van der Waals surface area contributed by atoms with Gasteiger partial charge in [-0.2, -0.15) is 5.06 Å². The van der Waals surface area contributed by atoms with E-state index in [1.54, 1.807) is 50.2 Å². The van der Waals surface area contributed by atoms with Crippen molar-refractivity contribution in [3.63, 3.8) is 0 Å². The molecule has 0 saturated heterocycles. The van der Waals surface area contributed by atoms with Crippen LogP contribution in [-0.2, 0) is 9.63 Å². The largest absolute Gasteiger partial charge is 0.338 e. The maximum Gasteiger partial charge on any atom is 0.335 e. The van der Waals surface area contributed by atoms with E-state index in [0.29, 0.717) is 16.7 Å². The summed E-state index contributed by atoms with van der Waals surface area (Å²) in [5.74, 6) is -1.38. The zero-order valence-corrected chi connectivity index (χ0v) is 13.9. The van der Waals surface area contributed by atoms with E-state index in [2.05, 4.69) is 0 Å². The number of carbonyl (C=O) groups is 3. The molecule has 5 heteroatoms. The van der Waals surface area contributed by atoms with E-state index < -0.39 is 11.9 Å². The standard InChI is InChI=1S/C19H19NO4/c1-13(2)19(23)24-20(3)18(22)16-11-9-15(10-12-16)17(21)14-7-5-4-6-8-14/h4-13H,1-3H3. The first kappa shape index (κ1) is 17.4. The third-order valence-electron chi connectivity index (χ3n) is 3.41. The Balaban J connectivity index is 2.10. The van der Waals surface area contributed by atoms with E-state index in [4.69, 9.17) is 4.84 Å². The van der Waals surface area contributed by atoms with Crippen LogP contribution >= 0.6 is 0 Å². The van der Waals surface area contributed by atoms with Crippen molar-refractivity contribution in [1.29, 1.82) is 0 Å². The smallest absolute Gasteiger partial charge is 0.335 e. The lowest BCUT2D eigenvalue weighted by atomic mass is 10.0. The number of rotatable bonds is 4. The lowest BCUT2D eigenvalue weighted by Gasteiger charge is -2.17. The fourth-order valence-corrected chi connectivity index (χ4v) is 1.98. The summed E-state index contributed by atoms with van der Waals surface area (Å²) >= 11 is 0. The molecule has 0 saturated carbocycles. The minimum Gasteiger partial charge on any atom is -0.338 e. The molecule has 0 aliphatic heterocycles. The average molecular weight is 325 g/mol. The van der Waals surface area contributed by atoms with Crippen molar-refractivity contribution in [1.82, 2.24) is 5.06 Å². The lowest BCUT2D eigenvalue weighted by molar-refractivity contribution is -0.177. The quantitative estimate of drug-likeness (QED) is 0.640. The van der Waals surface area contributed by atoms with Crippen LogP contribution in [0.25, 0.3) is 0 Å². The Morgan fingerprint density at radius 1 is 0.833 bits per heavy atom. The van der Waals surface area contributed by atoms with Crippen molar-refractivity contribution >= 4 is 17.7 Å². The number of hydroxylamine groups is 2. The van der Waals surface area contributed by atoms with Crippen molar-refractivity contribution in [3.8, 4) is 0 Å². The topological polar surface area (TPSA) is 63.7 Å². The summed E-state index contributed by atoms with van der Waals surface area (Å²) in [6.45, 7) is 3.37. The zero-order valence-electron chi connectivity index (χ0n) is 13.9. The highest BCUT2D eigenvalue weighted by Crippen LogP contribution is 2.13. The molecule has 1 amide bonds. The average Bonchev–Trinajstić information content (AvgIpc) is 2.61. The molecule has 0 bridgehead atoms. The molecule has 0 unspecified atom stereocenters. The Kier molecular flexibility index (Phi) is 5.47. The van der Waals surface area contributed by atoms with Crippen LogP contribution in [0.1, 0.15) is 40.1 Å². The fourth-order valence-electron chi connectivity index (χ4n) is 1.98. The van der Waals surface area contributed by atoms with Crippen LogP contribution in [0.4, 0.5) is 0 Å². The summed E-state index contributed by atoms with van der Waals surface area (Å²) in [4.78, 5) is 41.0. The van der Waals surface area contributed by atoms with Crippen LogP contribution in [-0.4, -0.2) is 29.8 Å². The highest BCUT2D eigenvalue weighted by Gasteiger charge is 2.19. The molecule has 2 aromatic rings. The second-order valence-corrected chi connectivity index (χ2v) is 5.64. The maximum atomic E-state index is 12.3. The second-order valence-electron chi connectivity index (χ2n) is 5.64. The number of hydrogen-bond acceptors (Lipinski definition) is 4. The van der Waals surface area contributed by atoms with Crippen LogP contribution in [0.5, 0.6) is 0 Å². The third kappa shape index (κ3) is 4.07. The second kappa shape index (κ2) is 7.55. The summed E-state index contributed by atoms with van der Waals surface area (Å²) in [6.07, 6.45) is 0. The Morgan fingerprint density at radius 2 is 1.33 bits per heavy atom. The molecular formula is C19H19NO4. The molecule has 5 nitrogen and oxygen atoms in total. The van der Waals surface area contributed by atoms with E-state index in [-0.39, 0.29) is 11.7 Å². The van der Waals surface area contributed by atoms with Gasteiger partial charge < -0.3 is 4.84 Å². The fraction of sp³-hybridized carbons (Fsp3) is 0.211. The minimum absolute atomic E-state index is 0.116. The van der Waals surface area contributed by atoms with Crippen LogP contribution in [0, 0.1) is 5.92 Å². The molecule has 0 fully saturated rings. The van der Waals surface area contributed by atoms with Gasteiger partial charge in [0.2, 0.25) is 0 Å². The van der Waals surface area contributed by atoms with Crippen molar-refractivity contribution in [3.05, 3.63) is 71.3 Å². The van der Waals surface area contributed by atoms with Gasteiger partial charge in [0.15, 0.2) is 5.78 Å². The summed E-state index contributed by atoms with van der Waals surface area (Å²) < 4.78 is 0. The van der Waals surface area contributed by atoms with Crippen LogP contribution < -0.4 is 0 Å². The first-order valence-corrected chi connectivity index (χ1v) is 7.60. The summed E-state index contributed by atoms with van der Waals surface area (Å²) in [5, 5.41) is 0.899. The number of hydrogen-bond donors (Lipinski definition) is 0. The van der Waals surface area contributed by atoms with Gasteiger partial charge in [-0.15, -0.1) is 0 Å². The maximum absolute atomic E-state index is 12.3. The molecule has 0 radical (unpaired) electrons. The number of carbonyl (C=O) groups excluding carboxylic acids is 3. The molecule has 24 heavy (non-hydrogen) atoms. The molecule has 2 aromatic carbocycles. The van der Waals surface area contributed by atoms with Crippen molar-refractivity contribution in [2.75, 3.05) is 7.05 Å². The monoisotopic (exact) mass is 325 g/mol. The molecule has 0 spiro atoms. The van der Waals surface area contributed by atoms with Crippen LogP contribution in [0.15, 0.2) is 54.6 Å². The number of benzene rings is 2. The van der Waals surface area contributed by atoms with E-state index in [1.807, 2.05) is 6.07 Å². The number of nitrogens with zero attached hydrogens (tertiary/aromatic N) is 1. The van der Waals surface area contributed by atoms with Gasteiger partial charge in [-0.25, -0.2) is 4.79 Å². The molecule has 2 rings (SSSR count). The van der Waals surface area contributed by atoms with E-state index >= 15 is 0 Å². The van der Waals surface area contributed by atoms with E-state index in [1.165, 1.54) is 19.2 Å². The highest BCUT2D eigenvalue weighted by atomic mass is 16.7. The molecule has 0 aliphatic carbocycles. The normalized spacial score (nSPS) is 10.3. The summed E-state index contributed by atoms with van der Waals surface area (Å²) in [6, 6.07) is 15.2. The Bertz CT molecular complexity index is 736. The van der Waals surface area contributed by atoms with Crippen molar-refractivity contribution in [2.24, 2.45) is 5.92 Å². The minimum atomic E-state index is -0.485. The third-order valence-corrected chi connectivity index (χ3v) is 3.41. The predicted molar refractivity (Wildman–Crippen MR) is 89.3 cm³/mol. The van der Waals surface area contributed by atoms with Crippen LogP contribution in [0.2, 0.25) is 0 Å². The predicted octanol–water partition coefficient (Wildman–Crippen LogP) is 3.10.